The topological polar surface area (TPSA) is 15.6 Å². The summed E-state index contributed by atoms with van der Waals surface area (Å²) < 4.78 is 12.4. The van der Waals surface area contributed by atoms with Crippen LogP contribution >= 0.6 is 0 Å². The van der Waals surface area contributed by atoms with E-state index in [0.717, 1.165) is 17.8 Å². The summed E-state index contributed by atoms with van der Waals surface area (Å²) in [7, 11) is 0. The largest absolute Gasteiger partial charge is 0.361 e. The fraction of sp³-hybridized carbons (Fsp3) is 0.421. The molecule has 0 saturated carbocycles. The van der Waals surface area contributed by atoms with Gasteiger partial charge < -0.3 is 4.90 Å². The lowest BCUT2D eigenvalue weighted by Crippen LogP contribution is -2.33. The number of nitrogens with zero attached hydrogens (tertiary/aromatic N) is 2. The van der Waals surface area contributed by atoms with E-state index in [-0.39, 0.29) is 11.5 Å². The van der Waals surface area contributed by atoms with Gasteiger partial charge in [0, 0.05) is 23.9 Å². The Morgan fingerprint density at radius 1 is 1.55 bits per heavy atom. The van der Waals surface area contributed by atoms with Gasteiger partial charge in [0.15, 0.2) is 6.80 Å². The van der Waals surface area contributed by atoms with E-state index in [1.165, 1.54) is 11.1 Å². The minimum Gasteiger partial charge on any atom is -0.361 e. The first-order valence-corrected chi connectivity index (χ1v) is 7.69. The van der Waals surface area contributed by atoms with Gasteiger partial charge in [0.25, 0.3) is 0 Å². The lowest BCUT2D eigenvalue weighted by Gasteiger charge is -2.31. The molecule has 1 aliphatic heterocycles. The second-order valence-electron chi connectivity index (χ2n) is 6.32. The van der Waals surface area contributed by atoms with Crippen molar-refractivity contribution >= 4 is 6.21 Å². The lowest BCUT2D eigenvalue weighted by atomic mass is 9.87. The van der Waals surface area contributed by atoms with Crippen molar-refractivity contribution in [3.63, 3.8) is 0 Å². The maximum atomic E-state index is 12.4. The summed E-state index contributed by atoms with van der Waals surface area (Å²) in [6.45, 7) is 13.0. The van der Waals surface area contributed by atoms with Crippen LogP contribution in [0.4, 0.5) is 4.39 Å². The molecule has 118 valence electrons. The molecule has 1 unspecified atom stereocenters. The summed E-state index contributed by atoms with van der Waals surface area (Å²) in [4.78, 5) is 6.04. The molecule has 0 aromatic carbocycles. The van der Waals surface area contributed by atoms with E-state index < -0.39 is 6.80 Å². The van der Waals surface area contributed by atoms with Gasteiger partial charge in [-0.05, 0) is 30.6 Å². The van der Waals surface area contributed by atoms with Crippen LogP contribution < -0.4 is 0 Å². The van der Waals surface area contributed by atoms with Crippen LogP contribution in [0.25, 0.3) is 0 Å². The van der Waals surface area contributed by atoms with Crippen molar-refractivity contribution in [1.29, 1.82) is 0 Å². The minimum atomic E-state index is -0.689. The van der Waals surface area contributed by atoms with Crippen molar-refractivity contribution < 1.29 is 4.39 Å². The van der Waals surface area contributed by atoms with Gasteiger partial charge in [0.05, 0.1) is 6.04 Å². The lowest BCUT2D eigenvalue weighted by molar-refractivity contribution is 0.338. The smallest absolute Gasteiger partial charge is 0.179 e. The molecule has 22 heavy (non-hydrogen) atoms. The van der Waals surface area contributed by atoms with Crippen molar-refractivity contribution in [2.24, 2.45) is 10.4 Å². The van der Waals surface area contributed by atoms with Crippen molar-refractivity contribution in [2.75, 3.05) is 13.3 Å². The monoisotopic (exact) mass is 300 g/mol. The fourth-order valence-electron chi connectivity index (χ4n) is 3.01. The van der Waals surface area contributed by atoms with Crippen LogP contribution in [0.5, 0.6) is 0 Å². The number of hydrogen-bond donors (Lipinski definition) is 0. The highest BCUT2D eigenvalue weighted by Crippen LogP contribution is 2.45. The van der Waals surface area contributed by atoms with Crippen molar-refractivity contribution in [2.45, 2.75) is 33.7 Å². The van der Waals surface area contributed by atoms with Crippen LogP contribution in [0, 0.1) is 5.41 Å². The predicted molar refractivity (Wildman–Crippen MR) is 92.6 cm³/mol. The molecule has 0 N–H and O–H groups in total. The van der Waals surface area contributed by atoms with E-state index in [2.05, 4.69) is 49.4 Å². The second-order valence-corrected chi connectivity index (χ2v) is 6.32. The number of rotatable bonds is 5. The van der Waals surface area contributed by atoms with Gasteiger partial charge >= 0.3 is 0 Å². The van der Waals surface area contributed by atoms with Crippen molar-refractivity contribution in [3.8, 4) is 0 Å². The number of alkyl halides is 1. The highest BCUT2D eigenvalue weighted by molar-refractivity contribution is 5.81. The summed E-state index contributed by atoms with van der Waals surface area (Å²) in [5.74, 6) is 0. The molecule has 0 saturated heterocycles. The highest BCUT2D eigenvalue weighted by Gasteiger charge is 2.37. The van der Waals surface area contributed by atoms with Crippen LogP contribution in [0.1, 0.15) is 27.7 Å². The summed E-state index contributed by atoms with van der Waals surface area (Å²) in [5, 5.41) is 0. The van der Waals surface area contributed by atoms with E-state index in [9.17, 15) is 4.39 Å². The van der Waals surface area contributed by atoms with Gasteiger partial charge in [-0.15, -0.1) is 0 Å². The van der Waals surface area contributed by atoms with Gasteiger partial charge in [0.1, 0.15) is 0 Å². The molecule has 1 aliphatic carbocycles. The fourth-order valence-corrected chi connectivity index (χ4v) is 3.01. The first kappa shape index (κ1) is 16.5. The normalized spacial score (nSPS) is 22.5. The van der Waals surface area contributed by atoms with E-state index in [4.69, 9.17) is 0 Å². The highest BCUT2D eigenvalue weighted by atomic mass is 19.1. The molecule has 0 spiro atoms. The molecule has 0 aromatic rings. The zero-order valence-corrected chi connectivity index (χ0v) is 13.9. The van der Waals surface area contributed by atoms with Crippen LogP contribution in [-0.4, -0.2) is 30.5 Å². The molecule has 0 fully saturated rings. The Morgan fingerprint density at radius 2 is 2.27 bits per heavy atom. The van der Waals surface area contributed by atoms with Crippen LogP contribution in [0.3, 0.4) is 0 Å². The Kier molecular flexibility index (Phi) is 4.84. The third-order valence-corrected chi connectivity index (χ3v) is 4.50. The van der Waals surface area contributed by atoms with Crippen molar-refractivity contribution in [1.82, 2.24) is 4.90 Å². The predicted octanol–water partition coefficient (Wildman–Crippen LogP) is 4.60. The van der Waals surface area contributed by atoms with E-state index in [1.54, 1.807) is 6.21 Å². The van der Waals surface area contributed by atoms with E-state index in [0.29, 0.717) is 0 Å². The molecule has 3 heteroatoms. The number of aliphatic imine (C=N–C) groups is 1. The van der Waals surface area contributed by atoms with Crippen LogP contribution in [0.2, 0.25) is 0 Å². The third kappa shape index (κ3) is 2.99. The minimum absolute atomic E-state index is 0.0902. The standard InChI is InChI=1S/C19H25FN2/c1-6-7-8-16(11-21-13-20)14(2)22-12-18-17(15(22)3)9-10-19(18,4)5/h6-11,14H,3,12-13H2,1-2,4-5H3/b7-6+,16-8+,21-11?. The summed E-state index contributed by atoms with van der Waals surface area (Å²) in [6, 6.07) is 0.105. The number of hydrogen-bond acceptors (Lipinski definition) is 2. The van der Waals surface area contributed by atoms with Crippen molar-refractivity contribution in [3.05, 3.63) is 59.4 Å². The Labute approximate surface area is 133 Å². The maximum absolute atomic E-state index is 12.4. The molecular weight excluding hydrogens is 275 g/mol. The molecule has 0 aromatic heterocycles. The molecule has 1 atom stereocenters. The number of allylic oxidation sites excluding steroid dienone is 5. The maximum Gasteiger partial charge on any atom is 0.179 e. The average molecular weight is 300 g/mol. The van der Waals surface area contributed by atoms with Gasteiger partial charge in [-0.25, -0.2) is 4.39 Å². The molecule has 2 aliphatic rings. The quantitative estimate of drug-likeness (QED) is 0.412. The Balaban J connectivity index is 2.24. The Hall–Kier alpha value is -1.90. The summed E-state index contributed by atoms with van der Waals surface area (Å²) in [6.07, 6.45) is 11.9. The SMILES string of the molecule is C=C1C2=C(CN1C(C)/C(C=NCF)=C/C=C/C)C(C)(C)C=C2. The van der Waals surface area contributed by atoms with Gasteiger partial charge in [-0.3, -0.25) is 4.99 Å². The molecule has 0 radical (unpaired) electrons. The molecule has 2 nitrogen and oxygen atoms in total. The van der Waals surface area contributed by atoms with E-state index in [1.807, 2.05) is 25.2 Å². The molecule has 0 bridgehead atoms. The van der Waals surface area contributed by atoms with Crippen LogP contribution in [-0.2, 0) is 0 Å². The summed E-state index contributed by atoms with van der Waals surface area (Å²) in [5.41, 5.74) is 4.79. The average Bonchev–Trinajstić information content (AvgIpc) is 2.97. The van der Waals surface area contributed by atoms with Gasteiger partial charge in [-0.2, -0.15) is 0 Å². The molecule has 0 amide bonds. The first-order valence-electron chi connectivity index (χ1n) is 7.69. The molecule has 1 heterocycles. The molecule has 2 rings (SSSR count). The van der Waals surface area contributed by atoms with E-state index >= 15 is 0 Å². The Bertz CT molecular complexity index is 603. The zero-order chi connectivity index (χ0) is 16.3. The Morgan fingerprint density at radius 3 is 2.86 bits per heavy atom. The van der Waals surface area contributed by atoms with Crippen LogP contribution in [0.15, 0.2) is 64.4 Å². The third-order valence-electron chi connectivity index (χ3n) is 4.50. The first-order chi connectivity index (χ1) is 10.4. The van der Waals surface area contributed by atoms with Gasteiger partial charge in [-0.1, -0.05) is 50.8 Å². The van der Waals surface area contributed by atoms with Gasteiger partial charge in [0.2, 0.25) is 0 Å². The number of halogens is 1. The summed E-state index contributed by atoms with van der Waals surface area (Å²) >= 11 is 0. The zero-order valence-electron chi connectivity index (χ0n) is 13.9. The second kappa shape index (κ2) is 6.47. The molecular formula is C19H25FN2.